The minimum atomic E-state index is -1.37. The molecule has 11 heavy (non-hydrogen) atoms. The van der Waals surface area contributed by atoms with Crippen LogP contribution in [-0.2, 0) is 20.7 Å². The molecule has 1 atom stereocenters. The molecule has 0 spiro atoms. The monoisotopic (exact) mass is 178 g/mol. The third-order valence-corrected chi connectivity index (χ3v) is 2.49. The lowest BCUT2D eigenvalue weighted by Crippen LogP contribution is -2.42. The Labute approximate surface area is 67.4 Å². The average molecular weight is 178 g/mol. The van der Waals surface area contributed by atoms with E-state index >= 15 is 0 Å². The molecule has 0 aromatic carbocycles. The number of ether oxygens (including phenoxy) is 1. The third-order valence-electron chi connectivity index (χ3n) is 1.35. The highest BCUT2D eigenvalue weighted by atomic mass is 32.2. The average Bonchev–Trinajstić information content (AvgIpc) is 2.07. The molecule has 0 saturated carbocycles. The molecule has 64 valence electrons. The summed E-state index contributed by atoms with van der Waals surface area (Å²) in [4.78, 5) is 9.90. The number of carbonyl (C=O) groups is 1. The molecule has 1 saturated heterocycles. The lowest BCUT2D eigenvalue weighted by Gasteiger charge is -2.23. The van der Waals surface area contributed by atoms with Crippen LogP contribution in [0.2, 0.25) is 0 Å². The van der Waals surface area contributed by atoms with Crippen molar-refractivity contribution >= 4 is 17.6 Å². The second-order valence-corrected chi connectivity index (χ2v) is 3.28. The SMILES string of the molecule is O=CNS(=O)N1CCOCC1. The fourth-order valence-corrected chi connectivity index (χ4v) is 1.54. The summed E-state index contributed by atoms with van der Waals surface area (Å²) in [6.45, 7) is 2.36. The van der Waals surface area contributed by atoms with Gasteiger partial charge < -0.3 is 4.74 Å². The van der Waals surface area contributed by atoms with Crippen LogP contribution in [0, 0.1) is 0 Å². The first-order valence-electron chi connectivity index (χ1n) is 3.29. The number of rotatable bonds is 3. The zero-order chi connectivity index (χ0) is 8.10. The molecule has 0 radical (unpaired) electrons. The van der Waals surface area contributed by atoms with Crippen molar-refractivity contribution in [2.45, 2.75) is 0 Å². The zero-order valence-corrected chi connectivity index (χ0v) is 6.80. The van der Waals surface area contributed by atoms with Crippen LogP contribution in [0.1, 0.15) is 0 Å². The maximum Gasteiger partial charge on any atom is 0.219 e. The van der Waals surface area contributed by atoms with Crippen molar-refractivity contribution in [2.24, 2.45) is 0 Å². The fourth-order valence-electron chi connectivity index (χ4n) is 0.828. The summed E-state index contributed by atoms with van der Waals surface area (Å²) in [6, 6.07) is 0. The lowest BCUT2D eigenvalue weighted by atomic mass is 10.5. The van der Waals surface area contributed by atoms with Crippen LogP contribution in [0.5, 0.6) is 0 Å². The molecule has 5 nitrogen and oxygen atoms in total. The van der Waals surface area contributed by atoms with Gasteiger partial charge in [-0.3, -0.25) is 9.52 Å². The molecule has 0 aliphatic carbocycles. The molecule has 0 bridgehead atoms. The summed E-state index contributed by atoms with van der Waals surface area (Å²) in [6.07, 6.45) is 0.436. The molecule has 1 rings (SSSR count). The topological polar surface area (TPSA) is 58.6 Å². The van der Waals surface area contributed by atoms with E-state index in [0.717, 1.165) is 0 Å². The molecule has 6 heteroatoms. The van der Waals surface area contributed by atoms with Crippen molar-refractivity contribution in [1.82, 2.24) is 9.03 Å². The predicted molar refractivity (Wildman–Crippen MR) is 39.7 cm³/mol. The Bertz CT molecular complexity index is 158. The van der Waals surface area contributed by atoms with Gasteiger partial charge in [0.15, 0.2) is 11.2 Å². The number of nitrogens with zero attached hydrogens (tertiary/aromatic N) is 1. The fraction of sp³-hybridized carbons (Fsp3) is 0.800. The molecular formula is C5H10N2O3S. The van der Waals surface area contributed by atoms with Gasteiger partial charge in [-0.1, -0.05) is 0 Å². The van der Waals surface area contributed by atoms with Crippen LogP contribution in [0.15, 0.2) is 0 Å². The molecule has 1 amide bonds. The normalized spacial score (nSPS) is 22.5. The van der Waals surface area contributed by atoms with Gasteiger partial charge in [-0.15, -0.1) is 0 Å². The van der Waals surface area contributed by atoms with Crippen LogP contribution in [0.4, 0.5) is 0 Å². The van der Waals surface area contributed by atoms with E-state index in [9.17, 15) is 9.00 Å². The molecule has 0 aromatic heterocycles. The summed E-state index contributed by atoms with van der Waals surface area (Å²) in [5.41, 5.74) is 0. The van der Waals surface area contributed by atoms with Crippen LogP contribution in [0.3, 0.4) is 0 Å². The first-order chi connectivity index (χ1) is 5.34. The standard InChI is InChI=1S/C5H10N2O3S/c8-5-6-11(9)7-1-3-10-4-2-7/h5H,1-4H2,(H,6,8). The van der Waals surface area contributed by atoms with Gasteiger partial charge in [0.05, 0.1) is 13.2 Å². The van der Waals surface area contributed by atoms with Crippen molar-refractivity contribution in [1.29, 1.82) is 0 Å². The number of amides is 1. The van der Waals surface area contributed by atoms with Crippen molar-refractivity contribution in [3.05, 3.63) is 0 Å². The Morgan fingerprint density at radius 3 is 2.64 bits per heavy atom. The third kappa shape index (κ3) is 2.57. The van der Waals surface area contributed by atoms with Crippen LogP contribution in [-0.4, -0.2) is 41.2 Å². The Balaban J connectivity index is 2.32. The minimum Gasteiger partial charge on any atom is -0.379 e. The van der Waals surface area contributed by atoms with E-state index in [1.165, 1.54) is 0 Å². The largest absolute Gasteiger partial charge is 0.379 e. The number of morpholine rings is 1. The van der Waals surface area contributed by atoms with E-state index in [4.69, 9.17) is 4.74 Å². The van der Waals surface area contributed by atoms with Crippen LogP contribution < -0.4 is 4.72 Å². The molecule has 0 aromatic rings. The van der Waals surface area contributed by atoms with Gasteiger partial charge in [0.1, 0.15) is 0 Å². The van der Waals surface area contributed by atoms with Gasteiger partial charge in [0.2, 0.25) is 6.41 Å². The van der Waals surface area contributed by atoms with E-state index < -0.39 is 11.2 Å². The second-order valence-electron chi connectivity index (χ2n) is 2.03. The summed E-state index contributed by atoms with van der Waals surface area (Å²) in [5.74, 6) is 0. The van der Waals surface area contributed by atoms with E-state index in [1.807, 2.05) is 0 Å². The molecule has 1 fully saturated rings. The van der Waals surface area contributed by atoms with Crippen molar-refractivity contribution in [3.63, 3.8) is 0 Å². The summed E-state index contributed by atoms with van der Waals surface area (Å²) >= 11 is -1.37. The highest BCUT2D eigenvalue weighted by Gasteiger charge is 2.15. The number of hydrogen-bond acceptors (Lipinski definition) is 3. The number of hydrogen-bond donors (Lipinski definition) is 1. The maximum atomic E-state index is 11.0. The highest BCUT2D eigenvalue weighted by molar-refractivity contribution is 7.81. The first-order valence-corrected chi connectivity index (χ1v) is 4.39. The highest BCUT2D eigenvalue weighted by Crippen LogP contribution is 1.97. The molecular weight excluding hydrogens is 168 g/mol. The molecule has 1 aliphatic rings. The molecule has 1 unspecified atom stereocenters. The maximum absolute atomic E-state index is 11.0. The molecule has 1 aliphatic heterocycles. The quantitative estimate of drug-likeness (QED) is 0.543. The van der Waals surface area contributed by atoms with Gasteiger partial charge in [0, 0.05) is 13.1 Å². The Morgan fingerprint density at radius 1 is 1.45 bits per heavy atom. The number of nitrogens with one attached hydrogen (secondary N) is 1. The second kappa shape index (κ2) is 4.42. The number of carbonyl (C=O) groups excluding carboxylic acids is 1. The van der Waals surface area contributed by atoms with E-state index in [1.54, 1.807) is 4.31 Å². The zero-order valence-electron chi connectivity index (χ0n) is 5.99. The van der Waals surface area contributed by atoms with E-state index in [2.05, 4.69) is 4.72 Å². The van der Waals surface area contributed by atoms with Crippen molar-refractivity contribution in [2.75, 3.05) is 26.3 Å². The predicted octanol–water partition coefficient (Wildman–Crippen LogP) is -1.36. The Kier molecular flexibility index (Phi) is 3.47. The van der Waals surface area contributed by atoms with Gasteiger partial charge in [-0.05, 0) is 0 Å². The molecule has 1 N–H and O–H groups in total. The smallest absolute Gasteiger partial charge is 0.219 e. The van der Waals surface area contributed by atoms with Crippen molar-refractivity contribution < 1.29 is 13.7 Å². The summed E-state index contributed by atoms with van der Waals surface area (Å²) in [7, 11) is 0. The Hall–Kier alpha value is -0.460. The summed E-state index contributed by atoms with van der Waals surface area (Å²) in [5, 5.41) is 0. The summed E-state index contributed by atoms with van der Waals surface area (Å²) < 4.78 is 19.9. The van der Waals surface area contributed by atoms with Crippen LogP contribution in [0.25, 0.3) is 0 Å². The minimum absolute atomic E-state index is 0.436. The first kappa shape index (κ1) is 8.63. The van der Waals surface area contributed by atoms with E-state index in [-0.39, 0.29) is 0 Å². The molecule has 1 heterocycles. The van der Waals surface area contributed by atoms with Gasteiger partial charge >= 0.3 is 0 Å². The van der Waals surface area contributed by atoms with Gasteiger partial charge in [-0.25, -0.2) is 8.51 Å². The lowest BCUT2D eigenvalue weighted by molar-refractivity contribution is -0.108. The van der Waals surface area contributed by atoms with Crippen LogP contribution >= 0.6 is 0 Å². The van der Waals surface area contributed by atoms with Gasteiger partial charge in [-0.2, -0.15) is 0 Å². The van der Waals surface area contributed by atoms with Gasteiger partial charge in [0.25, 0.3) is 0 Å². The van der Waals surface area contributed by atoms with E-state index in [0.29, 0.717) is 32.7 Å². The Morgan fingerprint density at radius 2 is 2.09 bits per heavy atom. The van der Waals surface area contributed by atoms with Crippen molar-refractivity contribution in [3.8, 4) is 0 Å².